The minimum absolute atomic E-state index is 0.0263. The molecule has 6 heteroatoms. The Morgan fingerprint density at radius 3 is 2.57 bits per heavy atom. The molecule has 28 heavy (non-hydrogen) atoms. The maximum Gasteiger partial charge on any atom is 0.334 e. The van der Waals surface area contributed by atoms with Crippen LogP contribution in [0.25, 0.3) is 0 Å². The zero-order chi connectivity index (χ0) is 20.7. The highest BCUT2D eigenvalue weighted by atomic mass is 16.6. The minimum Gasteiger partial charge on any atom is -0.458 e. The number of esters is 2. The van der Waals surface area contributed by atoms with Crippen LogP contribution in [-0.4, -0.2) is 46.6 Å². The molecule has 3 aliphatic rings. The molecule has 6 nitrogen and oxygen atoms in total. The number of hydrogen-bond donors (Lipinski definition) is 1. The van der Waals surface area contributed by atoms with Gasteiger partial charge in [0.1, 0.15) is 12.2 Å². The summed E-state index contributed by atoms with van der Waals surface area (Å²) in [4.78, 5) is 23.9. The minimum atomic E-state index is -1.22. The summed E-state index contributed by atoms with van der Waals surface area (Å²) in [5.74, 6) is -0.838. The van der Waals surface area contributed by atoms with E-state index >= 15 is 0 Å². The summed E-state index contributed by atoms with van der Waals surface area (Å²) in [6.07, 6.45) is 3.48. The van der Waals surface area contributed by atoms with Crippen LogP contribution < -0.4 is 0 Å². The lowest BCUT2D eigenvalue weighted by Gasteiger charge is -2.39. The standard InChI is InChI=1S/C22H32O6/c1-13-6-7-18-22(5,28-18)11-8-16-12-19(27-20(24)14(16)2)21(4,25)10-9-17(13)26-15(3)23/h16-19,25H,1-2,6-12H2,3-5H3/t16-,17-,18+,19-,21+,22+/m0/s1. The third-order valence-corrected chi connectivity index (χ3v) is 6.62. The van der Waals surface area contributed by atoms with Gasteiger partial charge in [-0.05, 0) is 70.3 Å². The van der Waals surface area contributed by atoms with E-state index in [9.17, 15) is 14.7 Å². The first-order valence-electron chi connectivity index (χ1n) is 10.2. The van der Waals surface area contributed by atoms with Crippen LogP contribution >= 0.6 is 0 Å². The molecule has 0 aromatic rings. The topological polar surface area (TPSA) is 85.4 Å². The number of hydrogen-bond acceptors (Lipinski definition) is 6. The van der Waals surface area contributed by atoms with Crippen molar-refractivity contribution in [1.29, 1.82) is 0 Å². The van der Waals surface area contributed by atoms with Crippen molar-refractivity contribution in [2.24, 2.45) is 5.92 Å². The lowest BCUT2D eigenvalue weighted by Crippen LogP contribution is -2.47. The van der Waals surface area contributed by atoms with Crippen molar-refractivity contribution in [3.8, 4) is 0 Å². The Bertz CT molecular complexity index is 681. The van der Waals surface area contributed by atoms with E-state index < -0.39 is 23.8 Å². The van der Waals surface area contributed by atoms with Gasteiger partial charge in [-0.3, -0.25) is 4.79 Å². The van der Waals surface area contributed by atoms with E-state index in [0.29, 0.717) is 31.3 Å². The lowest BCUT2D eigenvalue weighted by atomic mass is 9.78. The molecule has 2 heterocycles. The van der Waals surface area contributed by atoms with E-state index in [2.05, 4.69) is 20.1 Å². The van der Waals surface area contributed by atoms with E-state index in [0.717, 1.165) is 24.8 Å². The SMILES string of the molecule is C=C1C(=O)O[C@H]2C[C@@H]1CC[C@@]1(C)O[C@@H]1CCC(=C)[C@@H](OC(C)=O)CC[C@@]2(C)O. The van der Waals surface area contributed by atoms with Crippen LogP contribution in [0.3, 0.4) is 0 Å². The van der Waals surface area contributed by atoms with Crippen LogP contribution in [0.15, 0.2) is 24.3 Å². The van der Waals surface area contributed by atoms with Gasteiger partial charge in [0.25, 0.3) is 0 Å². The van der Waals surface area contributed by atoms with Crippen molar-refractivity contribution in [3.63, 3.8) is 0 Å². The van der Waals surface area contributed by atoms with Gasteiger partial charge in [-0.1, -0.05) is 13.2 Å². The summed E-state index contributed by atoms with van der Waals surface area (Å²) >= 11 is 0. The molecular formula is C22H32O6. The van der Waals surface area contributed by atoms with Crippen molar-refractivity contribution >= 4 is 11.9 Å². The van der Waals surface area contributed by atoms with Gasteiger partial charge in [0.15, 0.2) is 0 Å². The number of carbonyl (C=O) groups is 2. The molecular weight excluding hydrogens is 360 g/mol. The number of carbonyl (C=O) groups excluding carboxylic acids is 2. The number of fused-ring (bicyclic) bond motifs is 3. The average Bonchev–Trinajstić information content (AvgIpc) is 3.27. The molecule has 3 rings (SSSR count). The Hall–Kier alpha value is -1.66. The van der Waals surface area contributed by atoms with Crippen LogP contribution in [0.1, 0.15) is 65.7 Å². The average molecular weight is 392 g/mol. The zero-order valence-electron chi connectivity index (χ0n) is 17.2. The molecule has 2 saturated heterocycles. The van der Waals surface area contributed by atoms with Gasteiger partial charge in [0.2, 0.25) is 0 Å². The molecule has 0 aromatic carbocycles. The van der Waals surface area contributed by atoms with E-state index in [-0.39, 0.29) is 23.6 Å². The second-order valence-electron chi connectivity index (χ2n) is 9.00. The van der Waals surface area contributed by atoms with Crippen LogP contribution in [0, 0.1) is 5.92 Å². The highest BCUT2D eigenvalue weighted by molar-refractivity contribution is 5.89. The zero-order valence-corrected chi connectivity index (χ0v) is 17.2. The number of aliphatic hydroxyl groups is 1. The van der Waals surface area contributed by atoms with Crippen LogP contribution in [0.4, 0.5) is 0 Å². The Morgan fingerprint density at radius 1 is 1.18 bits per heavy atom. The predicted octanol–water partition coefficient (Wildman–Crippen LogP) is 3.22. The summed E-state index contributed by atoms with van der Waals surface area (Å²) in [5.41, 5.74) is -0.125. The highest BCUT2D eigenvalue weighted by Crippen LogP contribution is 2.46. The van der Waals surface area contributed by atoms with Gasteiger partial charge in [0, 0.05) is 12.5 Å². The molecule has 0 aromatic heterocycles. The predicted molar refractivity (Wildman–Crippen MR) is 103 cm³/mol. The van der Waals surface area contributed by atoms with Gasteiger partial charge >= 0.3 is 11.9 Å². The van der Waals surface area contributed by atoms with E-state index in [1.807, 2.05) is 0 Å². The summed E-state index contributed by atoms with van der Waals surface area (Å²) < 4.78 is 16.9. The Labute approximate surface area is 166 Å². The van der Waals surface area contributed by atoms with Crippen molar-refractivity contribution in [2.45, 2.75) is 95.2 Å². The van der Waals surface area contributed by atoms with E-state index in [4.69, 9.17) is 14.2 Å². The van der Waals surface area contributed by atoms with E-state index in [1.54, 1.807) is 6.92 Å². The summed E-state index contributed by atoms with van der Waals surface area (Å²) in [5, 5.41) is 11.0. The maximum atomic E-state index is 12.3. The first-order valence-corrected chi connectivity index (χ1v) is 10.2. The fourth-order valence-electron chi connectivity index (χ4n) is 4.44. The summed E-state index contributed by atoms with van der Waals surface area (Å²) in [6, 6.07) is 0. The summed E-state index contributed by atoms with van der Waals surface area (Å²) in [6.45, 7) is 13.2. The molecule has 6 atom stereocenters. The Kier molecular flexibility index (Phi) is 5.74. The number of ether oxygens (including phenoxy) is 3. The molecule has 0 spiro atoms. The fraction of sp³-hybridized carbons (Fsp3) is 0.727. The Morgan fingerprint density at radius 2 is 1.89 bits per heavy atom. The maximum absolute atomic E-state index is 12.3. The van der Waals surface area contributed by atoms with Crippen molar-refractivity contribution in [2.75, 3.05) is 0 Å². The van der Waals surface area contributed by atoms with Crippen molar-refractivity contribution in [3.05, 3.63) is 24.3 Å². The third-order valence-electron chi connectivity index (χ3n) is 6.62. The van der Waals surface area contributed by atoms with Crippen LogP contribution in [-0.2, 0) is 23.8 Å². The first-order chi connectivity index (χ1) is 13.0. The second-order valence-corrected chi connectivity index (χ2v) is 9.00. The normalized spacial score (nSPS) is 42.1. The molecule has 2 bridgehead atoms. The molecule has 0 radical (unpaired) electrons. The molecule has 1 saturated carbocycles. The summed E-state index contributed by atoms with van der Waals surface area (Å²) in [7, 11) is 0. The second kappa shape index (κ2) is 7.64. The third kappa shape index (κ3) is 4.49. The molecule has 2 aliphatic heterocycles. The first kappa shape index (κ1) is 21.1. The van der Waals surface area contributed by atoms with Crippen molar-refractivity contribution < 1.29 is 28.9 Å². The molecule has 156 valence electrons. The van der Waals surface area contributed by atoms with Crippen LogP contribution in [0.2, 0.25) is 0 Å². The van der Waals surface area contributed by atoms with Gasteiger partial charge in [-0.2, -0.15) is 0 Å². The molecule has 0 amide bonds. The quantitative estimate of drug-likeness (QED) is 0.319. The van der Waals surface area contributed by atoms with E-state index in [1.165, 1.54) is 6.92 Å². The largest absolute Gasteiger partial charge is 0.458 e. The van der Waals surface area contributed by atoms with Gasteiger partial charge < -0.3 is 19.3 Å². The highest BCUT2D eigenvalue weighted by Gasteiger charge is 2.52. The van der Waals surface area contributed by atoms with Gasteiger partial charge in [-0.15, -0.1) is 0 Å². The molecule has 0 unspecified atom stereocenters. The molecule has 3 fully saturated rings. The van der Waals surface area contributed by atoms with Gasteiger partial charge in [0.05, 0.1) is 17.3 Å². The van der Waals surface area contributed by atoms with Crippen molar-refractivity contribution in [1.82, 2.24) is 0 Å². The smallest absolute Gasteiger partial charge is 0.334 e. The monoisotopic (exact) mass is 392 g/mol. The number of epoxide rings is 1. The fourth-order valence-corrected chi connectivity index (χ4v) is 4.44. The van der Waals surface area contributed by atoms with Gasteiger partial charge in [-0.25, -0.2) is 4.79 Å². The van der Waals surface area contributed by atoms with Crippen LogP contribution in [0.5, 0.6) is 0 Å². The molecule has 1 N–H and O–H groups in total. The lowest BCUT2D eigenvalue weighted by molar-refractivity contribution is -0.169. The molecule has 1 aliphatic carbocycles. The number of rotatable bonds is 1. The Balaban J connectivity index is 1.82.